The Hall–Kier alpha value is -1.17. The molecular formula is C14H21ClFN3O. The Balaban J connectivity index is 0.00000200. The minimum Gasteiger partial charge on any atom is -0.330 e. The molecule has 1 aliphatic heterocycles. The maximum Gasteiger partial charge on any atom is 0.238 e. The summed E-state index contributed by atoms with van der Waals surface area (Å²) in [5.41, 5.74) is 6.26. The SMILES string of the molecule is Cl.NCC1CCN(CC(=O)Nc2ccc(F)cc2)CC1. The van der Waals surface area contributed by atoms with Crippen LogP contribution in [-0.4, -0.2) is 37.0 Å². The molecule has 112 valence electrons. The molecule has 0 bridgehead atoms. The van der Waals surface area contributed by atoms with Gasteiger partial charge in [-0.3, -0.25) is 9.69 Å². The molecule has 6 heteroatoms. The van der Waals surface area contributed by atoms with Gasteiger partial charge in [0.25, 0.3) is 0 Å². The van der Waals surface area contributed by atoms with Crippen molar-refractivity contribution in [3.8, 4) is 0 Å². The number of nitrogens with zero attached hydrogens (tertiary/aromatic N) is 1. The van der Waals surface area contributed by atoms with Crippen molar-refractivity contribution in [2.75, 3.05) is 31.5 Å². The zero-order valence-corrected chi connectivity index (χ0v) is 12.2. The number of amides is 1. The van der Waals surface area contributed by atoms with Gasteiger partial charge in [0.05, 0.1) is 6.54 Å². The first kappa shape index (κ1) is 16.9. The van der Waals surface area contributed by atoms with Crippen LogP contribution in [0.2, 0.25) is 0 Å². The van der Waals surface area contributed by atoms with Gasteiger partial charge in [0.1, 0.15) is 5.82 Å². The van der Waals surface area contributed by atoms with Gasteiger partial charge in [0.2, 0.25) is 5.91 Å². The highest BCUT2D eigenvalue weighted by atomic mass is 35.5. The minimum atomic E-state index is -0.304. The average Bonchev–Trinajstić information content (AvgIpc) is 2.42. The molecule has 0 saturated carbocycles. The van der Waals surface area contributed by atoms with E-state index >= 15 is 0 Å². The van der Waals surface area contributed by atoms with Crippen molar-refractivity contribution in [1.82, 2.24) is 4.90 Å². The van der Waals surface area contributed by atoms with Crippen LogP contribution in [0.15, 0.2) is 24.3 Å². The molecule has 1 amide bonds. The fraction of sp³-hybridized carbons (Fsp3) is 0.500. The van der Waals surface area contributed by atoms with E-state index in [9.17, 15) is 9.18 Å². The molecule has 0 aliphatic carbocycles. The van der Waals surface area contributed by atoms with E-state index in [1.54, 1.807) is 12.1 Å². The van der Waals surface area contributed by atoms with Gasteiger partial charge in [-0.15, -0.1) is 12.4 Å². The Kier molecular flexibility index (Phi) is 6.91. The van der Waals surface area contributed by atoms with Gasteiger partial charge in [0.15, 0.2) is 0 Å². The van der Waals surface area contributed by atoms with Crippen molar-refractivity contribution in [3.63, 3.8) is 0 Å². The standard InChI is InChI=1S/C14H20FN3O.ClH/c15-12-1-3-13(4-2-12)17-14(19)10-18-7-5-11(9-16)6-8-18;/h1-4,11H,5-10,16H2,(H,17,19);1H. The number of piperidine rings is 1. The number of hydrogen-bond donors (Lipinski definition) is 2. The van der Waals surface area contributed by atoms with Gasteiger partial charge in [-0.25, -0.2) is 4.39 Å². The highest BCUT2D eigenvalue weighted by molar-refractivity contribution is 5.92. The normalized spacial score (nSPS) is 16.5. The molecule has 0 spiro atoms. The fourth-order valence-corrected chi connectivity index (χ4v) is 2.32. The predicted octanol–water partition coefficient (Wildman–Crippen LogP) is 1.86. The van der Waals surface area contributed by atoms with Crippen molar-refractivity contribution >= 4 is 24.0 Å². The fourth-order valence-electron chi connectivity index (χ4n) is 2.32. The molecule has 3 N–H and O–H groups in total. The van der Waals surface area contributed by atoms with E-state index in [-0.39, 0.29) is 24.1 Å². The molecule has 1 aliphatic rings. The number of rotatable bonds is 4. The second-order valence-electron chi connectivity index (χ2n) is 5.01. The van der Waals surface area contributed by atoms with E-state index in [1.165, 1.54) is 12.1 Å². The maximum atomic E-state index is 12.7. The first-order valence-corrected chi connectivity index (χ1v) is 6.65. The largest absolute Gasteiger partial charge is 0.330 e. The monoisotopic (exact) mass is 301 g/mol. The molecule has 20 heavy (non-hydrogen) atoms. The summed E-state index contributed by atoms with van der Waals surface area (Å²) < 4.78 is 12.7. The van der Waals surface area contributed by atoms with Crippen molar-refractivity contribution in [2.24, 2.45) is 11.7 Å². The Morgan fingerprint density at radius 3 is 2.45 bits per heavy atom. The van der Waals surface area contributed by atoms with Crippen LogP contribution in [-0.2, 0) is 4.79 Å². The molecule has 1 aromatic carbocycles. The topological polar surface area (TPSA) is 58.4 Å². The smallest absolute Gasteiger partial charge is 0.238 e. The summed E-state index contributed by atoms with van der Waals surface area (Å²) in [5.74, 6) is 0.232. The van der Waals surface area contributed by atoms with E-state index in [1.807, 2.05) is 0 Å². The van der Waals surface area contributed by atoms with E-state index in [2.05, 4.69) is 10.2 Å². The van der Waals surface area contributed by atoms with Crippen LogP contribution in [0.25, 0.3) is 0 Å². The summed E-state index contributed by atoms with van der Waals surface area (Å²) in [7, 11) is 0. The lowest BCUT2D eigenvalue weighted by Crippen LogP contribution is -2.40. The molecule has 0 unspecified atom stereocenters. The third-order valence-corrected chi connectivity index (χ3v) is 3.54. The van der Waals surface area contributed by atoms with Crippen molar-refractivity contribution < 1.29 is 9.18 Å². The molecule has 4 nitrogen and oxygen atoms in total. The summed E-state index contributed by atoms with van der Waals surface area (Å²) >= 11 is 0. The molecule has 1 fully saturated rings. The average molecular weight is 302 g/mol. The first-order valence-electron chi connectivity index (χ1n) is 6.65. The molecule has 0 atom stereocenters. The van der Waals surface area contributed by atoms with Crippen molar-refractivity contribution in [1.29, 1.82) is 0 Å². The van der Waals surface area contributed by atoms with Crippen LogP contribution in [0.1, 0.15) is 12.8 Å². The summed E-state index contributed by atoms with van der Waals surface area (Å²) in [6.07, 6.45) is 2.11. The van der Waals surface area contributed by atoms with Crippen LogP contribution in [0.4, 0.5) is 10.1 Å². The quantitative estimate of drug-likeness (QED) is 0.892. The Morgan fingerprint density at radius 1 is 1.30 bits per heavy atom. The maximum absolute atomic E-state index is 12.7. The van der Waals surface area contributed by atoms with Crippen molar-refractivity contribution in [2.45, 2.75) is 12.8 Å². The highest BCUT2D eigenvalue weighted by Gasteiger charge is 2.19. The van der Waals surface area contributed by atoms with Gasteiger partial charge < -0.3 is 11.1 Å². The Labute approximate surface area is 124 Å². The van der Waals surface area contributed by atoms with Crippen LogP contribution >= 0.6 is 12.4 Å². The molecule has 1 saturated heterocycles. The Morgan fingerprint density at radius 2 is 1.90 bits per heavy atom. The van der Waals surface area contributed by atoms with E-state index in [0.29, 0.717) is 18.2 Å². The molecular weight excluding hydrogens is 281 g/mol. The van der Waals surface area contributed by atoms with Crippen molar-refractivity contribution in [3.05, 3.63) is 30.1 Å². The number of carbonyl (C=O) groups is 1. The zero-order chi connectivity index (χ0) is 13.7. The molecule has 1 aromatic rings. The summed E-state index contributed by atoms with van der Waals surface area (Å²) in [5, 5.41) is 2.77. The van der Waals surface area contributed by atoms with Crippen LogP contribution in [0.5, 0.6) is 0 Å². The second kappa shape index (κ2) is 8.19. The number of anilines is 1. The van der Waals surface area contributed by atoms with Gasteiger partial charge >= 0.3 is 0 Å². The van der Waals surface area contributed by atoms with Gasteiger partial charge in [-0.2, -0.15) is 0 Å². The Bertz CT molecular complexity index is 419. The second-order valence-corrected chi connectivity index (χ2v) is 5.01. The van der Waals surface area contributed by atoms with E-state index in [0.717, 1.165) is 32.5 Å². The van der Waals surface area contributed by atoms with E-state index in [4.69, 9.17) is 5.73 Å². The highest BCUT2D eigenvalue weighted by Crippen LogP contribution is 2.15. The van der Waals surface area contributed by atoms with Gasteiger partial charge in [-0.05, 0) is 62.7 Å². The lowest BCUT2D eigenvalue weighted by Gasteiger charge is -2.30. The number of benzene rings is 1. The molecule has 1 heterocycles. The minimum absolute atomic E-state index is 0. The lowest BCUT2D eigenvalue weighted by atomic mass is 9.97. The van der Waals surface area contributed by atoms with Gasteiger partial charge in [-0.1, -0.05) is 0 Å². The van der Waals surface area contributed by atoms with Crippen LogP contribution < -0.4 is 11.1 Å². The van der Waals surface area contributed by atoms with Crippen LogP contribution in [0.3, 0.4) is 0 Å². The summed E-state index contributed by atoms with van der Waals surface area (Å²) in [6, 6.07) is 5.80. The number of nitrogens with two attached hydrogens (primary N) is 1. The zero-order valence-electron chi connectivity index (χ0n) is 11.3. The molecule has 0 aromatic heterocycles. The number of carbonyl (C=O) groups excluding carboxylic acids is 1. The number of likely N-dealkylation sites (tertiary alicyclic amines) is 1. The number of nitrogens with one attached hydrogen (secondary N) is 1. The van der Waals surface area contributed by atoms with Crippen LogP contribution in [0, 0.1) is 11.7 Å². The summed E-state index contributed by atoms with van der Waals surface area (Å²) in [4.78, 5) is 14.0. The number of hydrogen-bond acceptors (Lipinski definition) is 3. The third kappa shape index (κ3) is 5.07. The molecule has 2 rings (SSSR count). The lowest BCUT2D eigenvalue weighted by molar-refractivity contribution is -0.117. The third-order valence-electron chi connectivity index (χ3n) is 3.54. The number of halogens is 2. The summed E-state index contributed by atoms with van der Waals surface area (Å²) in [6.45, 7) is 2.95. The van der Waals surface area contributed by atoms with E-state index < -0.39 is 0 Å². The molecule has 0 radical (unpaired) electrons. The predicted molar refractivity (Wildman–Crippen MR) is 80.5 cm³/mol. The van der Waals surface area contributed by atoms with Gasteiger partial charge in [0, 0.05) is 5.69 Å². The first-order chi connectivity index (χ1) is 9.17.